The zero-order valence-electron chi connectivity index (χ0n) is 20.4. The molecule has 2 saturated heterocycles. The molecule has 2 fully saturated rings. The van der Waals surface area contributed by atoms with E-state index in [1.165, 1.54) is 25.9 Å². The molecule has 1 aromatic heterocycles. The Kier molecular flexibility index (Phi) is 6.47. The number of hydrogen-bond donors (Lipinski definition) is 0. The van der Waals surface area contributed by atoms with E-state index in [1.807, 2.05) is 4.90 Å². The standard InChI is InChI=1S/C27H32N4O4/c1-19-9-10-20(2)24(16-19)28-11-13-29(14-12-28)25(32)18-30-23-8-4-3-7-22(23)26(33)31(27(30)34)17-21-6-5-15-35-21/h3-4,7-10,16,21H,5-6,11-15,17-18H2,1-2H3/t21-/m0/s1. The second kappa shape index (κ2) is 9.70. The molecule has 0 radical (unpaired) electrons. The molecule has 1 atom stereocenters. The summed E-state index contributed by atoms with van der Waals surface area (Å²) in [6.45, 7) is 7.63. The predicted octanol–water partition coefficient (Wildman–Crippen LogP) is 2.31. The maximum absolute atomic E-state index is 13.4. The first-order valence-corrected chi connectivity index (χ1v) is 12.4. The maximum Gasteiger partial charge on any atom is 0.332 e. The van der Waals surface area contributed by atoms with E-state index in [0.717, 1.165) is 25.9 Å². The minimum absolute atomic E-state index is 0.0887. The van der Waals surface area contributed by atoms with E-state index in [-0.39, 0.29) is 30.7 Å². The number of anilines is 1. The van der Waals surface area contributed by atoms with Gasteiger partial charge in [-0.05, 0) is 56.0 Å². The van der Waals surface area contributed by atoms with E-state index >= 15 is 0 Å². The number of benzene rings is 2. The molecule has 0 aliphatic carbocycles. The van der Waals surface area contributed by atoms with Gasteiger partial charge in [0.25, 0.3) is 5.56 Å². The second-order valence-corrected chi connectivity index (χ2v) is 9.59. The van der Waals surface area contributed by atoms with Crippen LogP contribution in [0.1, 0.15) is 24.0 Å². The number of aromatic nitrogens is 2. The predicted molar refractivity (Wildman–Crippen MR) is 136 cm³/mol. The quantitative estimate of drug-likeness (QED) is 0.565. The molecule has 8 heteroatoms. The summed E-state index contributed by atoms with van der Waals surface area (Å²) in [7, 11) is 0. The average Bonchev–Trinajstić information content (AvgIpc) is 3.39. The van der Waals surface area contributed by atoms with Gasteiger partial charge in [0, 0.05) is 38.5 Å². The maximum atomic E-state index is 13.4. The van der Waals surface area contributed by atoms with Gasteiger partial charge in [-0.1, -0.05) is 24.3 Å². The topological polar surface area (TPSA) is 76.8 Å². The van der Waals surface area contributed by atoms with Crippen LogP contribution >= 0.6 is 0 Å². The van der Waals surface area contributed by atoms with Crippen LogP contribution in [-0.2, 0) is 22.6 Å². The van der Waals surface area contributed by atoms with Crippen molar-refractivity contribution in [2.24, 2.45) is 0 Å². The van der Waals surface area contributed by atoms with E-state index in [4.69, 9.17) is 4.74 Å². The molecule has 2 aliphatic rings. The van der Waals surface area contributed by atoms with E-state index in [9.17, 15) is 14.4 Å². The molecule has 5 rings (SSSR count). The smallest absolute Gasteiger partial charge is 0.332 e. The number of carbonyl (C=O) groups is 1. The number of para-hydroxylation sites is 1. The molecule has 0 spiro atoms. The first-order valence-electron chi connectivity index (χ1n) is 12.4. The second-order valence-electron chi connectivity index (χ2n) is 9.59. The third-order valence-electron chi connectivity index (χ3n) is 7.17. The molecule has 35 heavy (non-hydrogen) atoms. The summed E-state index contributed by atoms with van der Waals surface area (Å²) in [6.07, 6.45) is 1.60. The van der Waals surface area contributed by atoms with Gasteiger partial charge in [0.2, 0.25) is 5.91 Å². The first-order chi connectivity index (χ1) is 16.9. The number of nitrogens with zero attached hydrogens (tertiary/aromatic N) is 4. The van der Waals surface area contributed by atoms with Gasteiger partial charge in [-0.3, -0.25) is 18.7 Å². The number of piperazine rings is 1. The van der Waals surface area contributed by atoms with Gasteiger partial charge in [-0.15, -0.1) is 0 Å². The Morgan fingerprint density at radius 2 is 1.77 bits per heavy atom. The van der Waals surface area contributed by atoms with Gasteiger partial charge >= 0.3 is 5.69 Å². The third-order valence-corrected chi connectivity index (χ3v) is 7.17. The minimum Gasteiger partial charge on any atom is -0.376 e. The first kappa shape index (κ1) is 23.4. The summed E-state index contributed by atoms with van der Waals surface area (Å²) in [5.74, 6) is -0.111. The van der Waals surface area contributed by atoms with Crippen LogP contribution in [-0.4, -0.2) is 58.8 Å². The normalized spacial score (nSPS) is 18.4. The number of fused-ring (bicyclic) bond motifs is 1. The van der Waals surface area contributed by atoms with Crippen molar-refractivity contribution in [3.05, 3.63) is 74.4 Å². The van der Waals surface area contributed by atoms with Crippen molar-refractivity contribution >= 4 is 22.5 Å². The van der Waals surface area contributed by atoms with E-state index in [2.05, 4.69) is 36.9 Å². The molecule has 0 saturated carbocycles. The lowest BCUT2D eigenvalue weighted by atomic mass is 10.1. The molecule has 3 aromatic rings. The number of rotatable bonds is 5. The van der Waals surface area contributed by atoms with Gasteiger partial charge in [0.15, 0.2) is 0 Å². The molecular weight excluding hydrogens is 444 g/mol. The molecule has 1 amide bonds. The highest BCUT2D eigenvalue weighted by molar-refractivity contribution is 5.82. The van der Waals surface area contributed by atoms with Crippen LogP contribution in [0.3, 0.4) is 0 Å². The van der Waals surface area contributed by atoms with Crippen molar-refractivity contribution in [3.8, 4) is 0 Å². The monoisotopic (exact) mass is 476 g/mol. The Labute approximate surface area is 204 Å². The van der Waals surface area contributed by atoms with Crippen molar-refractivity contribution in [2.45, 2.75) is 45.9 Å². The highest BCUT2D eigenvalue weighted by atomic mass is 16.5. The zero-order valence-corrected chi connectivity index (χ0v) is 20.4. The van der Waals surface area contributed by atoms with Gasteiger partial charge in [0.05, 0.1) is 23.6 Å². The molecule has 0 unspecified atom stereocenters. The highest BCUT2D eigenvalue weighted by Crippen LogP contribution is 2.23. The Bertz CT molecular complexity index is 1360. The summed E-state index contributed by atoms with van der Waals surface area (Å²) < 4.78 is 8.36. The molecule has 0 bridgehead atoms. The van der Waals surface area contributed by atoms with Crippen LogP contribution < -0.4 is 16.1 Å². The number of aryl methyl sites for hydroxylation is 2. The van der Waals surface area contributed by atoms with Crippen LogP contribution in [0.25, 0.3) is 10.9 Å². The van der Waals surface area contributed by atoms with Gasteiger partial charge < -0.3 is 14.5 Å². The molecule has 2 aromatic carbocycles. The van der Waals surface area contributed by atoms with Crippen LogP contribution in [0.2, 0.25) is 0 Å². The van der Waals surface area contributed by atoms with Crippen molar-refractivity contribution in [2.75, 3.05) is 37.7 Å². The summed E-state index contributed by atoms with van der Waals surface area (Å²) in [5, 5.41) is 0.442. The van der Waals surface area contributed by atoms with Crippen LogP contribution in [0.15, 0.2) is 52.1 Å². The highest BCUT2D eigenvalue weighted by Gasteiger charge is 2.25. The van der Waals surface area contributed by atoms with E-state index in [1.54, 1.807) is 24.3 Å². The van der Waals surface area contributed by atoms with Crippen molar-refractivity contribution in [3.63, 3.8) is 0 Å². The van der Waals surface area contributed by atoms with Crippen molar-refractivity contribution in [1.82, 2.24) is 14.0 Å². The zero-order chi connectivity index (χ0) is 24.5. The fourth-order valence-corrected chi connectivity index (χ4v) is 5.17. The van der Waals surface area contributed by atoms with Crippen molar-refractivity contribution in [1.29, 1.82) is 0 Å². The lowest BCUT2D eigenvalue weighted by Gasteiger charge is -2.37. The Morgan fingerprint density at radius 1 is 1.00 bits per heavy atom. The molecule has 184 valence electrons. The summed E-state index contributed by atoms with van der Waals surface area (Å²) in [5.41, 5.74) is 3.36. The summed E-state index contributed by atoms with van der Waals surface area (Å²) >= 11 is 0. The number of amides is 1. The Balaban J connectivity index is 1.37. The SMILES string of the molecule is Cc1ccc(C)c(N2CCN(C(=O)Cn3c(=O)n(C[C@@H]4CCCO4)c(=O)c4ccccc43)CC2)c1. The fourth-order valence-electron chi connectivity index (χ4n) is 5.17. The van der Waals surface area contributed by atoms with Crippen molar-refractivity contribution < 1.29 is 9.53 Å². The molecule has 2 aliphatic heterocycles. The molecule has 8 nitrogen and oxygen atoms in total. The average molecular weight is 477 g/mol. The lowest BCUT2D eigenvalue weighted by molar-refractivity contribution is -0.132. The Hall–Kier alpha value is -3.39. The fraction of sp³-hybridized carbons (Fsp3) is 0.444. The van der Waals surface area contributed by atoms with E-state index < -0.39 is 5.69 Å². The number of carbonyl (C=O) groups excluding carboxylic acids is 1. The van der Waals surface area contributed by atoms with Crippen LogP contribution in [0.4, 0.5) is 5.69 Å². The Morgan fingerprint density at radius 3 is 2.51 bits per heavy atom. The van der Waals surface area contributed by atoms with Gasteiger partial charge in [0.1, 0.15) is 6.54 Å². The molecule has 3 heterocycles. The molecule has 0 N–H and O–H groups in total. The summed E-state index contributed by atoms with van der Waals surface area (Å²) in [6, 6.07) is 13.5. The third kappa shape index (κ3) is 4.62. The number of hydrogen-bond acceptors (Lipinski definition) is 5. The van der Waals surface area contributed by atoms with Gasteiger partial charge in [-0.2, -0.15) is 0 Å². The molecular formula is C27H32N4O4. The van der Waals surface area contributed by atoms with Crippen LogP contribution in [0, 0.1) is 13.8 Å². The van der Waals surface area contributed by atoms with E-state index in [0.29, 0.717) is 30.6 Å². The minimum atomic E-state index is -0.452. The lowest BCUT2D eigenvalue weighted by Crippen LogP contribution is -2.51. The largest absolute Gasteiger partial charge is 0.376 e. The summed E-state index contributed by atoms with van der Waals surface area (Å²) in [4.78, 5) is 43.9. The van der Waals surface area contributed by atoms with Crippen LogP contribution in [0.5, 0.6) is 0 Å². The number of ether oxygens (including phenoxy) is 1. The van der Waals surface area contributed by atoms with Gasteiger partial charge in [-0.25, -0.2) is 4.79 Å².